The minimum atomic E-state index is 0.688. The molecule has 0 saturated carbocycles. The summed E-state index contributed by atoms with van der Waals surface area (Å²) in [5, 5.41) is 9.17. The molecule has 0 bridgehead atoms. The fraction of sp³-hybridized carbons (Fsp3) is 0.0189. The topological polar surface area (TPSA) is 38.9 Å². The van der Waals surface area contributed by atoms with Crippen LogP contribution in [0.3, 0.4) is 0 Å². The van der Waals surface area contributed by atoms with E-state index in [1.807, 2.05) is 6.07 Å². The smallest absolute Gasteiger partial charge is 0.160 e. The van der Waals surface area contributed by atoms with Crippen molar-refractivity contribution in [3.05, 3.63) is 194 Å². The first-order valence-electron chi connectivity index (χ1n) is 19.1. The molecular weight excluding hydrogens is 681 g/mol. The van der Waals surface area contributed by atoms with Gasteiger partial charge in [0, 0.05) is 38.6 Å². The molecule has 2 aromatic heterocycles. The Morgan fingerprint density at radius 2 is 0.964 bits per heavy atom. The van der Waals surface area contributed by atoms with Crippen molar-refractivity contribution in [2.75, 3.05) is 0 Å². The molecule has 9 aromatic carbocycles. The van der Waals surface area contributed by atoms with E-state index in [0.717, 1.165) is 77.5 Å². The van der Waals surface area contributed by atoms with Crippen molar-refractivity contribution < 1.29 is 4.42 Å². The summed E-state index contributed by atoms with van der Waals surface area (Å²) in [6.07, 6.45) is 0. The van der Waals surface area contributed by atoms with Gasteiger partial charge < -0.3 is 4.42 Å². The van der Waals surface area contributed by atoms with Crippen LogP contribution in [-0.4, -0.2) is 9.97 Å². The van der Waals surface area contributed by atoms with Crippen molar-refractivity contribution in [3.63, 3.8) is 0 Å². The van der Waals surface area contributed by atoms with E-state index in [2.05, 4.69) is 189 Å². The van der Waals surface area contributed by atoms with Crippen LogP contribution in [0.2, 0.25) is 0 Å². The van der Waals surface area contributed by atoms with Gasteiger partial charge in [-0.05, 0) is 86.3 Å². The summed E-state index contributed by atoms with van der Waals surface area (Å²) in [6.45, 7) is 2.16. The molecule has 0 unspecified atom stereocenters. The number of benzene rings is 9. The summed E-state index contributed by atoms with van der Waals surface area (Å²) in [5.74, 6) is 0.688. The Hall–Kier alpha value is -7.36. The maximum Gasteiger partial charge on any atom is 0.160 e. The van der Waals surface area contributed by atoms with Crippen molar-refractivity contribution in [1.29, 1.82) is 0 Å². The van der Waals surface area contributed by atoms with Gasteiger partial charge in [-0.1, -0.05) is 158 Å². The summed E-state index contributed by atoms with van der Waals surface area (Å²) in [7, 11) is 0. The summed E-state index contributed by atoms with van der Waals surface area (Å²) in [5.41, 5.74) is 12.1. The Morgan fingerprint density at radius 3 is 1.80 bits per heavy atom. The van der Waals surface area contributed by atoms with Crippen molar-refractivity contribution in [2.24, 2.45) is 0 Å². The zero-order valence-electron chi connectivity index (χ0n) is 30.7. The SMILES string of the molecule is Cc1c(-c2cccc3ccccc23)nc(-c2ccc3ccccc3c2)nc1-c1ccc(-c2ccc3ccc(-c4ccccc4)cc3c2)c2oc3ccccc3c12. The van der Waals surface area contributed by atoms with Gasteiger partial charge in [0.1, 0.15) is 11.2 Å². The number of nitrogens with zero attached hydrogens (tertiary/aromatic N) is 2. The quantitative estimate of drug-likeness (QED) is 0.178. The summed E-state index contributed by atoms with van der Waals surface area (Å²) in [6, 6.07) is 66.7. The van der Waals surface area contributed by atoms with Crippen LogP contribution in [0, 0.1) is 6.92 Å². The molecule has 2 heterocycles. The zero-order valence-corrected chi connectivity index (χ0v) is 30.7. The first-order valence-corrected chi connectivity index (χ1v) is 19.1. The van der Waals surface area contributed by atoms with Crippen LogP contribution < -0.4 is 0 Å². The molecular formula is C53H34N2O. The molecule has 0 aliphatic rings. The van der Waals surface area contributed by atoms with Crippen LogP contribution in [0.15, 0.2) is 192 Å². The molecule has 3 heteroatoms. The second-order valence-electron chi connectivity index (χ2n) is 14.6. The Bertz CT molecular complexity index is 3320. The highest BCUT2D eigenvalue weighted by Crippen LogP contribution is 2.44. The lowest BCUT2D eigenvalue weighted by molar-refractivity contribution is 0.670. The van der Waals surface area contributed by atoms with Gasteiger partial charge in [-0.2, -0.15) is 0 Å². The van der Waals surface area contributed by atoms with E-state index in [4.69, 9.17) is 14.4 Å². The van der Waals surface area contributed by atoms with Gasteiger partial charge >= 0.3 is 0 Å². The highest BCUT2D eigenvalue weighted by atomic mass is 16.3. The summed E-state index contributed by atoms with van der Waals surface area (Å²) in [4.78, 5) is 10.8. The Balaban J connectivity index is 1.16. The normalized spacial score (nSPS) is 11.7. The molecule has 0 saturated heterocycles. The first-order chi connectivity index (χ1) is 27.7. The minimum absolute atomic E-state index is 0.688. The third-order valence-corrected chi connectivity index (χ3v) is 11.2. The molecule has 0 atom stereocenters. The number of furan rings is 1. The molecule has 0 radical (unpaired) electrons. The maximum atomic E-state index is 6.84. The molecule has 0 N–H and O–H groups in total. The molecule has 0 aliphatic heterocycles. The van der Waals surface area contributed by atoms with Gasteiger partial charge in [0.15, 0.2) is 5.82 Å². The molecule has 0 spiro atoms. The van der Waals surface area contributed by atoms with Crippen LogP contribution in [0.1, 0.15) is 5.56 Å². The van der Waals surface area contributed by atoms with Crippen LogP contribution in [-0.2, 0) is 0 Å². The third kappa shape index (κ3) is 5.28. The van der Waals surface area contributed by atoms with Gasteiger partial charge in [-0.15, -0.1) is 0 Å². The van der Waals surface area contributed by atoms with E-state index in [-0.39, 0.29) is 0 Å². The Kier molecular flexibility index (Phi) is 7.39. The lowest BCUT2D eigenvalue weighted by atomic mass is 9.92. The number of rotatable bonds is 5. The molecule has 11 rings (SSSR count). The van der Waals surface area contributed by atoms with E-state index in [0.29, 0.717) is 5.82 Å². The van der Waals surface area contributed by atoms with Crippen molar-refractivity contribution >= 4 is 54.3 Å². The van der Waals surface area contributed by atoms with Crippen LogP contribution in [0.25, 0.3) is 110 Å². The van der Waals surface area contributed by atoms with E-state index in [1.165, 1.54) is 32.7 Å². The highest BCUT2D eigenvalue weighted by molar-refractivity contribution is 6.17. The number of aromatic nitrogens is 2. The van der Waals surface area contributed by atoms with Gasteiger partial charge in [-0.3, -0.25) is 0 Å². The lowest BCUT2D eigenvalue weighted by Crippen LogP contribution is -2.01. The Labute approximate surface area is 324 Å². The summed E-state index contributed by atoms with van der Waals surface area (Å²) >= 11 is 0. The monoisotopic (exact) mass is 714 g/mol. The molecule has 0 aliphatic carbocycles. The van der Waals surface area contributed by atoms with Gasteiger partial charge in [-0.25, -0.2) is 9.97 Å². The molecule has 262 valence electrons. The number of hydrogen-bond donors (Lipinski definition) is 0. The van der Waals surface area contributed by atoms with Crippen molar-refractivity contribution in [3.8, 4) is 56.2 Å². The molecule has 0 amide bonds. The van der Waals surface area contributed by atoms with E-state index >= 15 is 0 Å². The Morgan fingerprint density at radius 1 is 0.375 bits per heavy atom. The summed E-state index contributed by atoms with van der Waals surface area (Å²) < 4.78 is 6.84. The highest BCUT2D eigenvalue weighted by Gasteiger charge is 2.23. The average molecular weight is 715 g/mol. The van der Waals surface area contributed by atoms with Crippen molar-refractivity contribution in [1.82, 2.24) is 9.97 Å². The lowest BCUT2D eigenvalue weighted by Gasteiger charge is -2.16. The molecule has 56 heavy (non-hydrogen) atoms. The van der Waals surface area contributed by atoms with Crippen LogP contribution >= 0.6 is 0 Å². The van der Waals surface area contributed by atoms with Crippen molar-refractivity contribution in [2.45, 2.75) is 6.92 Å². The van der Waals surface area contributed by atoms with E-state index < -0.39 is 0 Å². The number of hydrogen-bond acceptors (Lipinski definition) is 3. The molecule has 11 aromatic rings. The predicted octanol–water partition coefficient (Wildman–Crippen LogP) is 14.5. The van der Waals surface area contributed by atoms with Crippen LogP contribution in [0.5, 0.6) is 0 Å². The predicted molar refractivity (Wildman–Crippen MR) is 234 cm³/mol. The molecule has 3 nitrogen and oxygen atoms in total. The van der Waals surface area contributed by atoms with Gasteiger partial charge in [0.05, 0.1) is 11.4 Å². The fourth-order valence-electron chi connectivity index (χ4n) is 8.41. The van der Waals surface area contributed by atoms with Crippen LogP contribution in [0.4, 0.5) is 0 Å². The second-order valence-corrected chi connectivity index (χ2v) is 14.6. The number of fused-ring (bicyclic) bond motifs is 6. The molecule has 0 fully saturated rings. The first kappa shape index (κ1) is 32.1. The minimum Gasteiger partial charge on any atom is -0.455 e. The second kappa shape index (κ2) is 12.9. The largest absolute Gasteiger partial charge is 0.455 e. The van der Waals surface area contributed by atoms with E-state index in [1.54, 1.807) is 0 Å². The maximum absolute atomic E-state index is 6.84. The van der Waals surface area contributed by atoms with Gasteiger partial charge in [0.2, 0.25) is 0 Å². The zero-order chi connectivity index (χ0) is 37.2. The van der Waals surface area contributed by atoms with E-state index in [9.17, 15) is 0 Å². The third-order valence-electron chi connectivity index (χ3n) is 11.2. The standard InChI is InChI=1S/C53H34N2O/c1-33-50(45-20-11-17-37-15-7-8-18-43(37)45)54-53(41-27-24-35-14-5-6-16-38(35)30-41)55-51(33)47-29-28-44(52-49(47)46-19-9-10-21-48(46)56-52)40-26-23-36-22-25-39(31-42(36)32-40)34-12-3-2-4-13-34/h2-32H,1H3. The average Bonchev–Trinajstić information content (AvgIpc) is 3.66. The fourth-order valence-corrected chi connectivity index (χ4v) is 8.41. The van der Waals surface area contributed by atoms with Gasteiger partial charge in [0.25, 0.3) is 0 Å². The number of para-hydroxylation sites is 1.